The third-order valence-corrected chi connectivity index (χ3v) is 6.95. The highest BCUT2D eigenvalue weighted by Gasteiger charge is 2.48. The zero-order valence-corrected chi connectivity index (χ0v) is 16.3. The van der Waals surface area contributed by atoms with Crippen molar-refractivity contribution in [1.82, 2.24) is 14.9 Å². The van der Waals surface area contributed by atoms with Gasteiger partial charge in [0.1, 0.15) is 18.2 Å². The van der Waals surface area contributed by atoms with Gasteiger partial charge in [0.2, 0.25) is 5.91 Å². The Labute approximate surface area is 158 Å². The van der Waals surface area contributed by atoms with Gasteiger partial charge < -0.3 is 19.9 Å². The lowest BCUT2D eigenvalue weighted by Crippen LogP contribution is -2.55. The zero-order chi connectivity index (χ0) is 19.5. The van der Waals surface area contributed by atoms with Gasteiger partial charge in [0.25, 0.3) is 0 Å². The number of aryl methyl sites for hydroxylation is 1. The third-order valence-electron chi connectivity index (χ3n) is 4.94. The number of rotatable bonds is 6. The van der Waals surface area contributed by atoms with E-state index in [1.165, 1.54) is 0 Å². The maximum absolute atomic E-state index is 12.8. The van der Waals surface area contributed by atoms with E-state index >= 15 is 0 Å². The molecule has 0 spiro atoms. The topological polar surface area (TPSA) is 102 Å². The molecule has 146 valence electrons. The van der Waals surface area contributed by atoms with Crippen LogP contribution in [0.3, 0.4) is 0 Å². The second-order valence-electron chi connectivity index (χ2n) is 6.74. The van der Waals surface area contributed by atoms with Crippen molar-refractivity contribution in [1.29, 1.82) is 0 Å². The molecule has 0 unspecified atom stereocenters. The number of nitrogens with one attached hydrogen (secondary N) is 2. The number of benzene rings is 1. The smallest absolute Gasteiger partial charge is 0.245 e. The Kier molecular flexibility index (Phi) is 5.52. The highest BCUT2D eigenvalue weighted by Crippen LogP contribution is 2.29. The molecule has 1 aromatic heterocycles. The van der Waals surface area contributed by atoms with Crippen LogP contribution >= 0.6 is 0 Å². The SMILES string of the molecule is Cn1ccnc1COc1ccc(NC(=O)C2(S(C)(=O)=O)CCNCC2)cc1. The summed E-state index contributed by atoms with van der Waals surface area (Å²) in [5, 5.41) is 5.85. The lowest BCUT2D eigenvalue weighted by molar-refractivity contribution is -0.119. The lowest BCUT2D eigenvalue weighted by Gasteiger charge is -2.34. The van der Waals surface area contributed by atoms with Crippen LogP contribution in [0.5, 0.6) is 5.75 Å². The fraction of sp³-hybridized carbons (Fsp3) is 0.444. The van der Waals surface area contributed by atoms with Crippen LogP contribution in [-0.4, -0.2) is 48.0 Å². The van der Waals surface area contributed by atoms with E-state index in [1.54, 1.807) is 30.5 Å². The number of carbonyl (C=O) groups excluding carboxylic acids is 1. The first-order valence-electron chi connectivity index (χ1n) is 8.73. The maximum Gasteiger partial charge on any atom is 0.245 e. The van der Waals surface area contributed by atoms with E-state index in [0.717, 1.165) is 12.1 Å². The number of piperidine rings is 1. The van der Waals surface area contributed by atoms with Gasteiger partial charge in [-0.25, -0.2) is 13.4 Å². The van der Waals surface area contributed by atoms with Crippen LogP contribution in [0.2, 0.25) is 0 Å². The van der Waals surface area contributed by atoms with Gasteiger partial charge in [-0.2, -0.15) is 0 Å². The molecule has 1 aliphatic heterocycles. The summed E-state index contributed by atoms with van der Waals surface area (Å²) in [6, 6.07) is 6.85. The molecule has 0 aliphatic carbocycles. The normalized spacial score (nSPS) is 16.7. The molecule has 0 bridgehead atoms. The second kappa shape index (κ2) is 7.69. The fourth-order valence-electron chi connectivity index (χ4n) is 3.16. The van der Waals surface area contributed by atoms with Crippen LogP contribution in [-0.2, 0) is 28.3 Å². The third kappa shape index (κ3) is 4.14. The van der Waals surface area contributed by atoms with E-state index in [0.29, 0.717) is 31.1 Å². The van der Waals surface area contributed by atoms with Gasteiger partial charge in [-0.05, 0) is 50.2 Å². The number of imidazole rings is 1. The van der Waals surface area contributed by atoms with Gasteiger partial charge in [-0.1, -0.05) is 0 Å². The standard InChI is InChI=1S/C18H24N4O4S/c1-22-12-11-20-16(22)13-26-15-5-3-14(4-6-15)21-17(23)18(27(2,24)25)7-9-19-10-8-18/h3-6,11-12,19H,7-10,13H2,1-2H3,(H,21,23). The monoisotopic (exact) mass is 392 g/mol. The maximum atomic E-state index is 12.8. The molecule has 0 radical (unpaired) electrons. The first-order chi connectivity index (χ1) is 12.8. The second-order valence-corrected chi connectivity index (χ2v) is 9.06. The number of ether oxygens (including phenoxy) is 1. The van der Waals surface area contributed by atoms with Crippen LogP contribution in [0.15, 0.2) is 36.7 Å². The molecular weight excluding hydrogens is 368 g/mol. The van der Waals surface area contributed by atoms with Crippen molar-refractivity contribution in [2.24, 2.45) is 7.05 Å². The van der Waals surface area contributed by atoms with Crippen LogP contribution in [0.1, 0.15) is 18.7 Å². The Morgan fingerprint density at radius 1 is 1.30 bits per heavy atom. The summed E-state index contributed by atoms with van der Waals surface area (Å²) in [5.41, 5.74) is 0.533. The van der Waals surface area contributed by atoms with E-state index in [4.69, 9.17) is 4.74 Å². The number of anilines is 1. The Morgan fingerprint density at radius 2 is 1.96 bits per heavy atom. The van der Waals surface area contributed by atoms with Crippen molar-refractivity contribution < 1.29 is 17.9 Å². The summed E-state index contributed by atoms with van der Waals surface area (Å²) in [6.07, 6.45) is 5.21. The molecule has 0 atom stereocenters. The Hall–Kier alpha value is -2.39. The average molecular weight is 392 g/mol. The molecule has 2 N–H and O–H groups in total. The highest BCUT2D eigenvalue weighted by molar-refractivity contribution is 7.92. The fourth-order valence-corrected chi connectivity index (χ4v) is 4.49. The Bertz CT molecular complexity index is 900. The molecule has 1 saturated heterocycles. The zero-order valence-electron chi connectivity index (χ0n) is 15.4. The molecule has 1 fully saturated rings. The van der Waals surface area contributed by atoms with Gasteiger partial charge in [-0.15, -0.1) is 0 Å². The number of carbonyl (C=O) groups is 1. The van der Waals surface area contributed by atoms with Gasteiger partial charge in [0.15, 0.2) is 14.6 Å². The molecule has 0 saturated carbocycles. The van der Waals surface area contributed by atoms with Gasteiger partial charge in [0, 0.05) is 31.4 Å². The van der Waals surface area contributed by atoms with Crippen molar-refractivity contribution in [3.05, 3.63) is 42.5 Å². The van der Waals surface area contributed by atoms with Gasteiger partial charge >= 0.3 is 0 Å². The summed E-state index contributed by atoms with van der Waals surface area (Å²) >= 11 is 0. The quantitative estimate of drug-likeness (QED) is 0.763. The minimum atomic E-state index is -3.54. The van der Waals surface area contributed by atoms with Crippen LogP contribution in [0.25, 0.3) is 0 Å². The average Bonchev–Trinajstić information content (AvgIpc) is 3.05. The molecular formula is C18H24N4O4S. The minimum Gasteiger partial charge on any atom is -0.486 e. The molecule has 2 aromatic rings. The molecule has 1 aromatic carbocycles. The van der Waals surface area contributed by atoms with E-state index in [9.17, 15) is 13.2 Å². The number of nitrogens with zero attached hydrogens (tertiary/aromatic N) is 2. The minimum absolute atomic E-state index is 0.266. The largest absolute Gasteiger partial charge is 0.486 e. The van der Waals surface area contributed by atoms with Crippen LogP contribution < -0.4 is 15.4 Å². The molecule has 1 aliphatic rings. The van der Waals surface area contributed by atoms with Crippen LogP contribution in [0.4, 0.5) is 5.69 Å². The molecule has 2 heterocycles. The summed E-state index contributed by atoms with van der Waals surface area (Å²) in [5.74, 6) is 0.956. The lowest BCUT2D eigenvalue weighted by atomic mass is 9.95. The number of hydrogen-bond donors (Lipinski definition) is 2. The first kappa shape index (κ1) is 19.4. The predicted molar refractivity (Wildman–Crippen MR) is 102 cm³/mol. The number of hydrogen-bond acceptors (Lipinski definition) is 6. The number of aromatic nitrogens is 2. The molecule has 27 heavy (non-hydrogen) atoms. The summed E-state index contributed by atoms with van der Waals surface area (Å²) in [6.45, 7) is 1.33. The van der Waals surface area contributed by atoms with Crippen molar-refractivity contribution >= 4 is 21.4 Å². The Morgan fingerprint density at radius 3 is 2.52 bits per heavy atom. The highest BCUT2D eigenvalue weighted by atomic mass is 32.2. The number of sulfone groups is 1. The van der Waals surface area contributed by atoms with Crippen LogP contribution in [0, 0.1) is 0 Å². The van der Waals surface area contributed by atoms with Crippen molar-refractivity contribution in [2.45, 2.75) is 24.2 Å². The summed E-state index contributed by atoms with van der Waals surface area (Å²) in [4.78, 5) is 17.0. The van der Waals surface area contributed by atoms with Crippen molar-refractivity contribution in [2.75, 3.05) is 24.7 Å². The molecule has 1 amide bonds. The van der Waals surface area contributed by atoms with E-state index in [2.05, 4.69) is 15.6 Å². The predicted octanol–water partition coefficient (Wildman–Crippen LogP) is 1.10. The van der Waals surface area contributed by atoms with Crippen molar-refractivity contribution in [3.63, 3.8) is 0 Å². The van der Waals surface area contributed by atoms with E-state index in [1.807, 2.05) is 17.8 Å². The molecule has 3 rings (SSSR count). The van der Waals surface area contributed by atoms with E-state index in [-0.39, 0.29) is 12.8 Å². The molecule has 8 nitrogen and oxygen atoms in total. The molecule has 9 heteroatoms. The van der Waals surface area contributed by atoms with Gasteiger partial charge in [0.05, 0.1) is 0 Å². The Balaban J connectivity index is 1.66. The summed E-state index contributed by atoms with van der Waals surface area (Å²) < 4.78 is 30.8. The summed E-state index contributed by atoms with van der Waals surface area (Å²) in [7, 11) is -1.65. The van der Waals surface area contributed by atoms with Crippen molar-refractivity contribution in [3.8, 4) is 5.75 Å². The van der Waals surface area contributed by atoms with E-state index < -0.39 is 20.5 Å². The first-order valence-corrected chi connectivity index (χ1v) is 10.6. The number of amides is 1. The van der Waals surface area contributed by atoms with Gasteiger partial charge in [-0.3, -0.25) is 4.79 Å².